The quantitative estimate of drug-likeness (QED) is 0.320. The number of carbonyl (C=O) groups excluding carboxylic acids is 2. The van der Waals surface area contributed by atoms with Crippen LogP contribution in [0.25, 0.3) is 0 Å². The molecular weight excluding hydrogens is 376 g/mol. The van der Waals surface area contributed by atoms with Crippen molar-refractivity contribution in [1.82, 2.24) is 0 Å². The number of Topliss-reactive ketones (excluding diaryl/α,β-unsaturated/α-hetero) is 2. The Morgan fingerprint density at radius 2 is 1.79 bits per heavy atom. The number of aliphatic hydroxyl groups is 3. The minimum atomic E-state index is -1.13. The molecule has 7 nitrogen and oxygen atoms in total. The molecule has 160 valence electrons. The van der Waals surface area contributed by atoms with Gasteiger partial charge in [-0.15, -0.1) is 0 Å². The summed E-state index contributed by atoms with van der Waals surface area (Å²) in [5.74, 6) is -1.11. The Labute approximate surface area is 170 Å². The van der Waals surface area contributed by atoms with E-state index < -0.39 is 30.3 Å². The fourth-order valence-electron chi connectivity index (χ4n) is 3.91. The van der Waals surface area contributed by atoms with Gasteiger partial charge in [0.25, 0.3) is 0 Å². The second-order valence-corrected chi connectivity index (χ2v) is 8.30. The van der Waals surface area contributed by atoms with Crippen molar-refractivity contribution in [3.05, 3.63) is 35.9 Å². The third-order valence-electron chi connectivity index (χ3n) is 6.05. The Kier molecular flexibility index (Phi) is 7.19. The van der Waals surface area contributed by atoms with E-state index in [1.165, 1.54) is 0 Å². The first-order chi connectivity index (χ1) is 13.8. The van der Waals surface area contributed by atoms with Crippen molar-refractivity contribution in [1.29, 1.82) is 0 Å². The lowest BCUT2D eigenvalue weighted by atomic mass is 9.85. The highest BCUT2D eigenvalue weighted by Crippen LogP contribution is 2.37. The van der Waals surface area contributed by atoms with Crippen LogP contribution in [0, 0.1) is 11.8 Å². The van der Waals surface area contributed by atoms with Crippen LogP contribution in [-0.2, 0) is 14.3 Å². The summed E-state index contributed by atoms with van der Waals surface area (Å²) in [6.07, 6.45) is -3.33. The van der Waals surface area contributed by atoms with E-state index in [0.29, 0.717) is 12.0 Å². The van der Waals surface area contributed by atoms with Gasteiger partial charge in [0.15, 0.2) is 5.78 Å². The van der Waals surface area contributed by atoms with E-state index in [1.807, 2.05) is 6.92 Å². The fourth-order valence-corrected chi connectivity index (χ4v) is 3.91. The Bertz CT molecular complexity index is 704. The lowest BCUT2D eigenvalue weighted by molar-refractivity contribution is -0.170. The highest BCUT2D eigenvalue weighted by Gasteiger charge is 2.48. The van der Waals surface area contributed by atoms with Crippen molar-refractivity contribution in [3.63, 3.8) is 0 Å². The van der Waals surface area contributed by atoms with Crippen molar-refractivity contribution in [2.24, 2.45) is 11.8 Å². The van der Waals surface area contributed by atoms with Crippen LogP contribution < -0.4 is 0 Å². The van der Waals surface area contributed by atoms with E-state index in [2.05, 4.69) is 0 Å². The molecule has 3 N–H and O–H groups in total. The number of benzene rings is 1. The van der Waals surface area contributed by atoms with Gasteiger partial charge in [-0.2, -0.15) is 0 Å². The van der Waals surface area contributed by atoms with Crippen LogP contribution in [0.1, 0.15) is 43.5 Å². The second-order valence-electron chi connectivity index (χ2n) is 8.30. The zero-order valence-corrected chi connectivity index (χ0v) is 16.8. The molecule has 29 heavy (non-hydrogen) atoms. The number of rotatable bonds is 9. The first-order valence-electron chi connectivity index (χ1n) is 10.2. The maximum absolute atomic E-state index is 12.3. The topological polar surface area (TPSA) is 117 Å². The number of hydrogen-bond acceptors (Lipinski definition) is 7. The van der Waals surface area contributed by atoms with Gasteiger partial charge in [0.1, 0.15) is 11.9 Å². The molecule has 2 saturated heterocycles. The number of ether oxygens (including phenoxy) is 2. The molecule has 2 aliphatic heterocycles. The third-order valence-corrected chi connectivity index (χ3v) is 6.05. The Morgan fingerprint density at radius 3 is 2.45 bits per heavy atom. The second kappa shape index (κ2) is 9.45. The van der Waals surface area contributed by atoms with E-state index in [1.54, 1.807) is 37.3 Å². The highest BCUT2D eigenvalue weighted by molar-refractivity contribution is 6.07. The zero-order valence-electron chi connectivity index (χ0n) is 16.8. The van der Waals surface area contributed by atoms with Crippen molar-refractivity contribution >= 4 is 11.6 Å². The molecule has 1 aromatic carbocycles. The third kappa shape index (κ3) is 5.49. The molecule has 3 rings (SSSR count). The molecule has 7 heteroatoms. The Hall–Kier alpha value is -1.64. The smallest absolute Gasteiger partial charge is 0.170 e. The number of epoxide rings is 1. The molecule has 0 aliphatic carbocycles. The van der Waals surface area contributed by atoms with E-state index in [0.717, 1.165) is 0 Å². The van der Waals surface area contributed by atoms with Crippen LogP contribution in [0.3, 0.4) is 0 Å². The molecule has 0 saturated carbocycles. The van der Waals surface area contributed by atoms with E-state index >= 15 is 0 Å². The van der Waals surface area contributed by atoms with Crippen molar-refractivity contribution in [3.8, 4) is 0 Å². The highest BCUT2D eigenvalue weighted by atomic mass is 16.6. The van der Waals surface area contributed by atoms with Gasteiger partial charge in [-0.1, -0.05) is 37.3 Å². The summed E-state index contributed by atoms with van der Waals surface area (Å²) < 4.78 is 11.3. The number of hydrogen-bond donors (Lipinski definition) is 3. The molecule has 1 aromatic rings. The summed E-state index contributed by atoms with van der Waals surface area (Å²) in [4.78, 5) is 24.4. The summed E-state index contributed by atoms with van der Waals surface area (Å²) in [5.41, 5.74) is 0.479. The summed E-state index contributed by atoms with van der Waals surface area (Å²) in [7, 11) is 0. The molecule has 0 radical (unpaired) electrons. The molecule has 0 spiro atoms. The SMILES string of the molecule is C[C@H]([C@@H]1O[C@H]1C[C@@H]1OC[C@H](CC(=O)CC(=O)c2ccccc2)[C@@H](O)[C@H]1O)[C@H](C)O. The van der Waals surface area contributed by atoms with Crippen molar-refractivity contribution in [2.75, 3.05) is 6.61 Å². The van der Waals surface area contributed by atoms with Gasteiger partial charge < -0.3 is 24.8 Å². The van der Waals surface area contributed by atoms with Gasteiger partial charge in [-0.05, 0) is 6.92 Å². The summed E-state index contributed by atoms with van der Waals surface area (Å²) in [5, 5.41) is 30.5. The average molecular weight is 406 g/mol. The molecule has 8 atom stereocenters. The van der Waals surface area contributed by atoms with Crippen LogP contribution in [0.4, 0.5) is 0 Å². The maximum atomic E-state index is 12.3. The van der Waals surface area contributed by atoms with Gasteiger partial charge in [0, 0.05) is 30.2 Å². The lowest BCUT2D eigenvalue weighted by Gasteiger charge is -2.37. The largest absolute Gasteiger partial charge is 0.393 e. The Balaban J connectivity index is 1.46. The van der Waals surface area contributed by atoms with Gasteiger partial charge in [0.05, 0.1) is 43.5 Å². The first kappa shape index (κ1) is 22.1. The molecule has 0 aromatic heterocycles. The van der Waals surface area contributed by atoms with Crippen LogP contribution >= 0.6 is 0 Å². The molecule has 2 heterocycles. The van der Waals surface area contributed by atoms with Crippen LogP contribution in [0.5, 0.6) is 0 Å². The Morgan fingerprint density at radius 1 is 1.10 bits per heavy atom. The molecule has 0 amide bonds. The van der Waals surface area contributed by atoms with Gasteiger partial charge in [-0.3, -0.25) is 9.59 Å². The van der Waals surface area contributed by atoms with Gasteiger partial charge in [-0.25, -0.2) is 0 Å². The molecule has 2 fully saturated rings. The van der Waals surface area contributed by atoms with Gasteiger partial charge >= 0.3 is 0 Å². The number of ketones is 2. The first-order valence-corrected chi connectivity index (χ1v) is 10.2. The zero-order chi connectivity index (χ0) is 21.1. The normalized spacial score (nSPS) is 33.7. The van der Waals surface area contributed by atoms with E-state index in [-0.39, 0.29) is 49.1 Å². The summed E-state index contributed by atoms with van der Waals surface area (Å²) in [6.45, 7) is 3.75. The average Bonchev–Trinajstić information content (AvgIpc) is 3.46. The standard InChI is InChI=1S/C22H30O7/c1-12(13(2)23)22-19(29-22)10-18-21(27)20(26)15(11-28-18)8-16(24)9-17(25)14-6-4-3-5-7-14/h3-7,12-13,15,18-23,26-27H,8-11H2,1-2H3/t12-,13-,15-,18-,19-,20+,21-,22-/m0/s1. The van der Waals surface area contributed by atoms with Crippen molar-refractivity contribution < 1.29 is 34.4 Å². The lowest BCUT2D eigenvalue weighted by Crippen LogP contribution is -2.51. The fraction of sp³-hybridized carbons (Fsp3) is 0.636. The maximum Gasteiger partial charge on any atom is 0.170 e. The molecular formula is C22H30O7. The van der Waals surface area contributed by atoms with Crippen molar-refractivity contribution in [2.45, 2.75) is 69.7 Å². The van der Waals surface area contributed by atoms with Gasteiger partial charge in [0.2, 0.25) is 0 Å². The van der Waals surface area contributed by atoms with Crippen LogP contribution in [0.15, 0.2) is 30.3 Å². The molecule has 2 aliphatic rings. The minimum absolute atomic E-state index is 0.0156. The van der Waals surface area contributed by atoms with E-state index in [4.69, 9.17) is 9.47 Å². The number of aliphatic hydroxyl groups excluding tert-OH is 3. The monoisotopic (exact) mass is 406 g/mol. The van der Waals surface area contributed by atoms with E-state index in [9.17, 15) is 24.9 Å². The predicted octanol–water partition coefficient (Wildman–Crippen LogP) is 1.13. The van der Waals surface area contributed by atoms with Crippen LogP contribution in [0.2, 0.25) is 0 Å². The molecule has 0 bridgehead atoms. The van der Waals surface area contributed by atoms with Crippen LogP contribution in [-0.4, -0.2) is 70.1 Å². The predicted molar refractivity (Wildman–Crippen MR) is 104 cm³/mol. The minimum Gasteiger partial charge on any atom is -0.393 e. The number of carbonyl (C=O) groups is 2. The summed E-state index contributed by atoms with van der Waals surface area (Å²) in [6, 6.07) is 8.60. The summed E-state index contributed by atoms with van der Waals surface area (Å²) >= 11 is 0. The molecule has 0 unspecified atom stereocenters.